The summed E-state index contributed by atoms with van der Waals surface area (Å²) in [7, 11) is 1.39. The molecule has 174 valence electrons. The molecule has 1 aliphatic heterocycles. The number of ether oxygens (including phenoxy) is 1. The molecule has 1 amide bonds. The fourth-order valence-electron chi connectivity index (χ4n) is 3.49. The number of carboxylic acid groups (broad SMARTS) is 1. The number of aliphatic carboxylic acids is 1. The van der Waals surface area contributed by atoms with Gasteiger partial charge in [0.05, 0.1) is 34.4 Å². The van der Waals surface area contributed by atoms with Crippen molar-refractivity contribution in [2.45, 2.75) is 41.4 Å². The largest absolute Gasteiger partial charge is 0.496 e. The molecule has 0 bridgehead atoms. The standard InChI is InChI=1S/C19H15ClF5NO4S2/c1-8-10(6-13(27)28)15-11(3-4-12(30-2)16(15)20)26(8)17(29)9-5-14(31-7-9)32-19(24,25)18(21,22)23/h4-5,7,11H,3,6H2,1-2H3,(H,27,28). The Bertz CT molecular complexity index is 1060. The van der Waals surface area contributed by atoms with Crippen LogP contribution in [0.1, 0.15) is 30.1 Å². The normalized spacial score (nSPS) is 19.3. The summed E-state index contributed by atoms with van der Waals surface area (Å²) < 4.78 is 68.9. The quantitative estimate of drug-likeness (QED) is 0.372. The highest BCUT2D eigenvalue weighted by atomic mass is 35.5. The molecule has 0 fully saturated rings. The Morgan fingerprint density at radius 2 is 2.00 bits per heavy atom. The van der Waals surface area contributed by atoms with E-state index in [1.54, 1.807) is 6.08 Å². The number of allylic oxidation sites excluding steroid dienone is 2. The first-order valence-electron chi connectivity index (χ1n) is 8.90. The van der Waals surface area contributed by atoms with Gasteiger partial charge in [-0.3, -0.25) is 9.59 Å². The molecule has 0 radical (unpaired) electrons. The van der Waals surface area contributed by atoms with Crippen molar-refractivity contribution in [3.05, 3.63) is 50.7 Å². The van der Waals surface area contributed by atoms with Crippen LogP contribution in [0.25, 0.3) is 0 Å². The zero-order valence-electron chi connectivity index (χ0n) is 16.4. The maximum absolute atomic E-state index is 13.3. The predicted octanol–water partition coefficient (Wildman–Crippen LogP) is 6.00. The maximum atomic E-state index is 13.3. The average Bonchev–Trinajstić information content (AvgIpc) is 3.23. The monoisotopic (exact) mass is 515 g/mol. The minimum Gasteiger partial charge on any atom is -0.496 e. The summed E-state index contributed by atoms with van der Waals surface area (Å²) in [6, 6.07) is 0.306. The van der Waals surface area contributed by atoms with Gasteiger partial charge < -0.3 is 14.7 Å². The summed E-state index contributed by atoms with van der Waals surface area (Å²) in [6.45, 7) is 1.53. The van der Waals surface area contributed by atoms with E-state index in [0.717, 1.165) is 6.07 Å². The van der Waals surface area contributed by atoms with Gasteiger partial charge in [-0.2, -0.15) is 22.0 Å². The van der Waals surface area contributed by atoms with Crippen LogP contribution in [-0.2, 0) is 9.53 Å². The first kappa shape index (κ1) is 24.6. The van der Waals surface area contributed by atoms with Gasteiger partial charge in [0.2, 0.25) is 0 Å². The zero-order valence-corrected chi connectivity index (χ0v) is 18.8. The van der Waals surface area contributed by atoms with E-state index in [2.05, 4.69) is 0 Å². The van der Waals surface area contributed by atoms with E-state index in [4.69, 9.17) is 16.3 Å². The van der Waals surface area contributed by atoms with E-state index in [0.29, 0.717) is 33.9 Å². The summed E-state index contributed by atoms with van der Waals surface area (Å²) >= 11 is 6.29. The second-order valence-electron chi connectivity index (χ2n) is 6.83. The number of methoxy groups -OCH3 is 1. The van der Waals surface area contributed by atoms with Crippen LogP contribution in [-0.4, -0.2) is 46.5 Å². The fourth-order valence-corrected chi connectivity index (χ4v) is 5.70. The Balaban J connectivity index is 1.96. The van der Waals surface area contributed by atoms with Gasteiger partial charge >= 0.3 is 17.4 Å². The lowest BCUT2D eigenvalue weighted by molar-refractivity contribution is -0.237. The first-order chi connectivity index (χ1) is 14.8. The smallest absolute Gasteiger partial charge is 0.464 e. The Hall–Kier alpha value is -2.05. The molecule has 2 aliphatic rings. The van der Waals surface area contributed by atoms with E-state index in [1.807, 2.05) is 0 Å². The van der Waals surface area contributed by atoms with Crippen LogP contribution < -0.4 is 0 Å². The van der Waals surface area contributed by atoms with Crippen molar-refractivity contribution in [1.29, 1.82) is 0 Å². The van der Waals surface area contributed by atoms with Crippen LogP contribution in [0.4, 0.5) is 22.0 Å². The molecule has 32 heavy (non-hydrogen) atoms. The Labute approximate surface area is 192 Å². The molecule has 0 spiro atoms. The van der Waals surface area contributed by atoms with Gasteiger partial charge in [0.1, 0.15) is 5.76 Å². The summed E-state index contributed by atoms with van der Waals surface area (Å²) in [5.74, 6) is -1.49. The molecule has 5 nitrogen and oxygen atoms in total. The van der Waals surface area contributed by atoms with Crippen molar-refractivity contribution in [2.24, 2.45) is 0 Å². The van der Waals surface area contributed by atoms with Crippen molar-refractivity contribution in [1.82, 2.24) is 4.90 Å². The van der Waals surface area contributed by atoms with Crippen LogP contribution in [0.15, 0.2) is 49.4 Å². The fraction of sp³-hybridized carbons (Fsp3) is 0.368. The molecule has 1 aromatic heterocycles. The summed E-state index contributed by atoms with van der Waals surface area (Å²) in [5.41, 5.74) is 0.940. The van der Waals surface area contributed by atoms with Gasteiger partial charge in [0, 0.05) is 16.7 Å². The predicted molar refractivity (Wildman–Crippen MR) is 109 cm³/mol. The van der Waals surface area contributed by atoms with Gasteiger partial charge in [0.25, 0.3) is 5.91 Å². The number of carboxylic acids is 1. The Kier molecular flexibility index (Phi) is 6.69. The lowest BCUT2D eigenvalue weighted by Gasteiger charge is -2.29. The van der Waals surface area contributed by atoms with Crippen molar-refractivity contribution in [2.75, 3.05) is 7.11 Å². The number of alkyl halides is 5. The lowest BCUT2D eigenvalue weighted by atomic mass is 9.92. The highest BCUT2D eigenvalue weighted by molar-refractivity contribution is 8.02. The molecule has 1 N–H and O–H groups in total. The maximum Gasteiger partial charge on any atom is 0.464 e. The number of thiophene rings is 1. The van der Waals surface area contributed by atoms with Gasteiger partial charge in [-0.25, -0.2) is 0 Å². The molecular weight excluding hydrogens is 501 g/mol. The van der Waals surface area contributed by atoms with E-state index < -0.39 is 47.5 Å². The van der Waals surface area contributed by atoms with Crippen LogP contribution in [0.2, 0.25) is 0 Å². The third kappa shape index (κ3) is 4.40. The number of carbonyl (C=O) groups is 2. The molecule has 13 heteroatoms. The SMILES string of the molecule is COC1=CCC2C(=C1Cl)C(CC(=O)O)=C(C)N2C(=O)c1csc(SC(F)(F)C(F)(F)F)c1. The number of thioether (sulfide) groups is 1. The van der Waals surface area contributed by atoms with Crippen LogP contribution in [0, 0.1) is 0 Å². The molecule has 0 saturated carbocycles. The molecule has 3 rings (SSSR count). The number of halogens is 6. The number of fused-ring (bicyclic) bond motifs is 1. The Morgan fingerprint density at radius 3 is 2.56 bits per heavy atom. The highest BCUT2D eigenvalue weighted by Gasteiger charge is 2.58. The third-order valence-electron chi connectivity index (χ3n) is 4.90. The molecule has 0 saturated heterocycles. The minimum absolute atomic E-state index is 0.0941. The van der Waals surface area contributed by atoms with Crippen molar-refractivity contribution >= 4 is 46.6 Å². The van der Waals surface area contributed by atoms with Crippen molar-refractivity contribution in [3.8, 4) is 0 Å². The summed E-state index contributed by atoms with van der Waals surface area (Å²) in [5, 5.41) is 5.63. The number of carbonyl (C=O) groups excluding carboxylic acids is 1. The topological polar surface area (TPSA) is 66.8 Å². The van der Waals surface area contributed by atoms with E-state index in [1.165, 1.54) is 24.3 Å². The lowest BCUT2D eigenvalue weighted by Crippen LogP contribution is -2.36. The molecule has 1 aliphatic carbocycles. The molecule has 1 atom stereocenters. The molecule has 1 aromatic rings. The summed E-state index contributed by atoms with van der Waals surface area (Å²) in [6.07, 6.45) is -4.28. The van der Waals surface area contributed by atoms with Gasteiger partial charge in [-0.1, -0.05) is 11.6 Å². The Morgan fingerprint density at radius 1 is 1.34 bits per heavy atom. The van der Waals surface area contributed by atoms with Crippen molar-refractivity contribution < 1.29 is 41.4 Å². The van der Waals surface area contributed by atoms with E-state index in [-0.39, 0.29) is 21.2 Å². The number of amides is 1. The third-order valence-corrected chi connectivity index (χ3v) is 7.35. The van der Waals surface area contributed by atoms with Crippen LogP contribution in [0.5, 0.6) is 0 Å². The van der Waals surface area contributed by atoms with Crippen LogP contribution >= 0.6 is 34.7 Å². The highest BCUT2D eigenvalue weighted by Crippen LogP contribution is 2.50. The first-order valence-corrected chi connectivity index (χ1v) is 11.0. The molecule has 2 heterocycles. The second-order valence-corrected chi connectivity index (χ2v) is 9.54. The number of nitrogens with zero attached hydrogens (tertiary/aromatic N) is 1. The number of hydrogen-bond donors (Lipinski definition) is 1. The molecule has 1 unspecified atom stereocenters. The van der Waals surface area contributed by atoms with Gasteiger partial charge in [-0.15, -0.1) is 11.3 Å². The van der Waals surface area contributed by atoms with E-state index >= 15 is 0 Å². The van der Waals surface area contributed by atoms with Crippen molar-refractivity contribution in [3.63, 3.8) is 0 Å². The molecular formula is C19H15ClF5NO4S2. The van der Waals surface area contributed by atoms with Crippen LogP contribution in [0.3, 0.4) is 0 Å². The number of rotatable bonds is 6. The summed E-state index contributed by atoms with van der Waals surface area (Å²) in [4.78, 5) is 25.9. The van der Waals surface area contributed by atoms with Gasteiger partial charge in [0.15, 0.2) is 0 Å². The van der Waals surface area contributed by atoms with E-state index in [9.17, 15) is 36.6 Å². The average molecular weight is 516 g/mol. The van der Waals surface area contributed by atoms with Gasteiger partial charge in [-0.05, 0) is 42.8 Å². The molecule has 0 aromatic carbocycles. The second kappa shape index (κ2) is 8.71. The number of hydrogen-bond acceptors (Lipinski definition) is 5. The zero-order chi connectivity index (χ0) is 24.0. The minimum atomic E-state index is -5.74.